The van der Waals surface area contributed by atoms with Gasteiger partial charge in [0.25, 0.3) is 11.8 Å². The molecular weight excluding hydrogens is 418 g/mol. The number of amides is 2. The van der Waals surface area contributed by atoms with Gasteiger partial charge in [-0.3, -0.25) is 19.1 Å². The molecule has 0 unspecified atom stereocenters. The molecule has 8 heteroatoms. The van der Waals surface area contributed by atoms with Gasteiger partial charge in [-0.1, -0.05) is 42.5 Å². The van der Waals surface area contributed by atoms with Crippen molar-refractivity contribution < 1.29 is 14.4 Å². The molecule has 0 aliphatic heterocycles. The lowest BCUT2D eigenvalue weighted by Crippen LogP contribution is -2.18. The van der Waals surface area contributed by atoms with Gasteiger partial charge in [0.15, 0.2) is 5.78 Å². The smallest absolute Gasteiger partial charge is 0.267 e. The van der Waals surface area contributed by atoms with Gasteiger partial charge in [0.2, 0.25) is 0 Å². The monoisotopic (exact) mass is 441 g/mol. The van der Waals surface area contributed by atoms with E-state index < -0.39 is 5.91 Å². The molecule has 0 radical (unpaired) electrons. The first-order valence-corrected chi connectivity index (χ1v) is 10.4. The molecule has 2 heterocycles. The summed E-state index contributed by atoms with van der Waals surface area (Å²) in [5.41, 5.74) is 9.93. The van der Waals surface area contributed by atoms with E-state index in [0.717, 1.165) is 11.3 Å². The molecule has 0 saturated carbocycles. The quantitative estimate of drug-likeness (QED) is 0.443. The van der Waals surface area contributed by atoms with Gasteiger partial charge in [-0.25, -0.2) is 4.98 Å². The fourth-order valence-electron chi connectivity index (χ4n) is 3.72. The third kappa shape index (κ3) is 4.36. The van der Waals surface area contributed by atoms with Crippen molar-refractivity contribution in [2.45, 2.75) is 27.3 Å². The third-order valence-corrected chi connectivity index (χ3v) is 5.53. The minimum Gasteiger partial charge on any atom is -0.364 e. The number of aryl methyl sites for hydroxylation is 1. The first-order chi connectivity index (χ1) is 15.7. The van der Waals surface area contributed by atoms with E-state index in [1.165, 1.54) is 13.0 Å². The van der Waals surface area contributed by atoms with Gasteiger partial charge < -0.3 is 11.1 Å². The summed E-state index contributed by atoms with van der Waals surface area (Å²) in [6.07, 6.45) is 0. The maximum absolute atomic E-state index is 13.2. The van der Waals surface area contributed by atoms with Crippen LogP contribution in [0, 0.1) is 13.8 Å². The van der Waals surface area contributed by atoms with E-state index in [0.29, 0.717) is 40.0 Å². The second-order valence-corrected chi connectivity index (χ2v) is 7.85. The Morgan fingerprint density at radius 3 is 2.39 bits per heavy atom. The molecule has 0 saturated heterocycles. The Balaban J connectivity index is 1.64. The molecule has 4 rings (SSSR count). The minimum absolute atomic E-state index is 0.0146. The van der Waals surface area contributed by atoms with Crippen LogP contribution < -0.4 is 11.1 Å². The highest BCUT2D eigenvalue weighted by Crippen LogP contribution is 2.24. The van der Waals surface area contributed by atoms with Crippen molar-refractivity contribution >= 4 is 34.2 Å². The Kier molecular flexibility index (Phi) is 5.74. The van der Waals surface area contributed by atoms with Gasteiger partial charge >= 0.3 is 0 Å². The number of carbonyl (C=O) groups excluding carboxylic acids is 3. The Morgan fingerprint density at radius 1 is 1.03 bits per heavy atom. The standard InChI is InChI=1S/C25H23N5O3/c1-14-23(15(2)30(29-14)13-17-8-10-18(11-9-17)16(3)31)28-25(33)20-12-22(24(26)32)27-21-7-5-4-6-19(20)21/h4-12H,13H2,1-3H3,(H2,26,32)(H,28,33). The zero-order valence-corrected chi connectivity index (χ0v) is 18.5. The number of primary amides is 1. The fraction of sp³-hybridized carbons (Fsp3) is 0.160. The van der Waals surface area contributed by atoms with E-state index in [9.17, 15) is 14.4 Å². The molecule has 2 amide bonds. The number of rotatable bonds is 6. The number of nitrogens with two attached hydrogens (primary N) is 1. The molecule has 2 aromatic heterocycles. The maximum atomic E-state index is 13.2. The van der Waals surface area contributed by atoms with E-state index in [2.05, 4.69) is 15.4 Å². The van der Waals surface area contributed by atoms with Crippen LogP contribution in [-0.4, -0.2) is 32.4 Å². The van der Waals surface area contributed by atoms with Crippen molar-refractivity contribution in [2.75, 3.05) is 5.32 Å². The number of hydrogen-bond acceptors (Lipinski definition) is 5. The van der Waals surface area contributed by atoms with Gasteiger partial charge in [0.05, 0.1) is 34.7 Å². The Morgan fingerprint density at radius 2 is 1.73 bits per heavy atom. The van der Waals surface area contributed by atoms with E-state index in [1.807, 2.05) is 26.0 Å². The molecule has 0 bridgehead atoms. The predicted molar refractivity (Wildman–Crippen MR) is 125 cm³/mol. The summed E-state index contributed by atoms with van der Waals surface area (Å²) in [4.78, 5) is 40.7. The van der Waals surface area contributed by atoms with Crippen LogP contribution in [0.4, 0.5) is 5.69 Å². The number of anilines is 1. The van der Waals surface area contributed by atoms with E-state index in [4.69, 9.17) is 5.73 Å². The lowest BCUT2D eigenvalue weighted by Gasteiger charge is -2.10. The summed E-state index contributed by atoms with van der Waals surface area (Å²) in [6.45, 7) is 5.71. The summed E-state index contributed by atoms with van der Waals surface area (Å²) in [7, 11) is 0. The van der Waals surface area contributed by atoms with Crippen LogP contribution in [0.5, 0.6) is 0 Å². The first kappa shape index (κ1) is 21.9. The lowest BCUT2D eigenvalue weighted by atomic mass is 10.1. The molecular formula is C25H23N5O3. The van der Waals surface area contributed by atoms with Gasteiger partial charge in [0, 0.05) is 10.9 Å². The van der Waals surface area contributed by atoms with E-state index >= 15 is 0 Å². The lowest BCUT2D eigenvalue weighted by molar-refractivity contribution is 0.0992. The molecule has 2 aromatic carbocycles. The number of para-hydroxylation sites is 1. The van der Waals surface area contributed by atoms with E-state index in [-0.39, 0.29) is 17.4 Å². The number of Topliss-reactive ketones (excluding diaryl/α,β-unsaturated/α-hetero) is 1. The zero-order chi connectivity index (χ0) is 23.7. The normalized spacial score (nSPS) is 10.9. The molecule has 0 spiro atoms. The number of nitrogens with zero attached hydrogens (tertiary/aromatic N) is 3. The Hall–Kier alpha value is -4.33. The fourth-order valence-corrected chi connectivity index (χ4v) is 3.72. The first-order valence-electron chi connectivity index (χ1n) is 10.4. The van der Waals surface area contributed by atoms with Crippen molar-refractivity contribution in [3.05, 3.63) is 88.4 Å². The van der Waals surface area contributed by atoms with Crippen LogP contribution in [0.15, 0.2) is 54.6 Å². The minimum atomic E-state index is -0.703. The number of carbonyl (C=O) groups is 3. The van der Waals surface area contributed by atoms with Crippen LogP contribution in [0.3, 0.4) is 0 Å². The average molecular weight is 441 g/mol. The second-order valence-electron chi connectivity index (χ2n) is 7.85. The van der Waals surface area contributed by atoms with Crippen molar-refractivity contribution in [2.24, 2.45) is 5.73 Å². The number of benzene rings is 2. The Labute approximate surface area is 190 Å². The van der Waals surface area contributed by atoms with Crippen LogP contribution in [0.2, 0.25) is 0 Å². The van der Waals surface area contributed by atoms with Gasteiger partial charge in [-0.2, -0.15) is 5.10 Å². The van der Waals surface area contributed by atoms with Crippen LogP contribution >= 0.6 is 0 Å². The molecule has 3 N–H and O–H groups in total. The highest BCUT2D eigenvalue weighted by molar-refractivity contribution is 6.14. The SMILES string of the molecule is CC(=O)c1ccc(Cn2nc(C)c(NC(=O)c3cc(C(N)=O)nc4ccccc34)c2C)cc1. The summed E-state index contributed by atoms with van der Waals surface area (Å²) in [6, 6.07) is 15.8. The molecule has 0 fully saturated rings. The molecule has 4 aromatic rings. The Bertz CT molecular complexity index is 1400. The molecule has 0 aliphatic rings. The zero-order valence-electron chi connectivity index (χ0n) is 18.5. The molecule has 0 aliphatic carbocycles. The number of ketones is 1. The average Bonchev–Trinajstić information content (AvgIpc) is 3.05. The number of aromatic nitrogens is 3. The van der Waals surface area contributed by atoms with Crippen molar-refractivity contribution in [3.63, 3.8) is 0 Å². The number of pyridine rings is 1. The summed E-state index contributed by atoms with van der Waals surface area (Å²) in [5.74, 6) is -1.07. The molecule has 0 atom stereocenters. The highest BCUT2D eigenvalue weighted by atomic mass is 16.2. The van der Waals surface area contributed by atoms with Crippen molar-refractivity contribution in [1.29, 1.82) is 0 Å². The topological polar surface area (TPSA) is 120 Å². The molecule has 8 nitrogen and oxygen atoms in total. The number of fused-ring (bicyclic) bond motifs is 1. The molecule has 166 valence electrons. The molecule has 33 heavy (non-hydrogen) atoms. The van der Waals surface area contributed by atoms with Gasteiger partial charge in [0.1, 0.15) is 5.69 Å². The summed E-state index contributed by atoms with van der Waals surface area (Å²) < 4.78 is 1.80. The van der Waals surface area contributed by atoms with Crippen molar-refractivity contribution in [3.8, 4) is 0 Å². The predicted octanol–water partition coefficient (Wildman–Crippen LogP) is 3.65. The van der Waals surface area contributed by atoms with Crippen LogP contribution in [0.1, 0.15) is 55.1 Å². The number of hydrogen-bond donors (Lipinski definition) is 2. The summed E-state index contributed by atoms with van der Waals surface area (Å²) >= 11 is 0. The second kappa shape index (κ2) is 8.66. The van der Waals surface area contributed by atoms with Gasteiger partial charge in [-0.15, -0.1) is 0 Å². The third-order valence-electron chi connectivity index (χ3n) is 5.53. The van der Waals surface area contributed by atoms with Crippen molar-refractivity contribution in [1.82, 2.24) is 14.8 Å². The van der Waals surface area contributed by atoms with Crippen LogP contribution in [0.25, 0.3) is 10.9 Å². The maximum Gasteiger partial charge on any atom is 0.267 e. The number of nitrogens with one attached hydrogen (secondary N) is 1. The highest BCUT2D eigenvalue weighted by Gasteiger charge is 2.19. The van der Waals surface area contributed by atoms with E-state index in [1.54, 1.807) is 41.1 Å². The largest absolute Gasteiger partial charge is 0.364 e. The van der Waals surface area contributed by atoms with Gasteiger partial charge in [-0.05, 0) is 38.5 Å². The summed E-state index contributed by atoms with van der Waals surface area (Å²) in [5, 5.41) is 8.12. The van der Waals surface area contributed by atoms with Crippen LogP contribution in [-0.2, 0) is 6.54 Å².